The second kappa shape index (κ2) is 29.9. The molecule has 0 aromatic heterocycles. The van der Waals surface area contributed by atoms with Crippen LogP contribution >= 0.6 is 0 Å². The fraction of sp³-hybridized carbons (Fsp3) is 0.656. The van der Waals surface area contributed by atoms with Gasteiger partial charge in [-0.15, -0.1) is 0 Å². The molecular weight excluding hydrogens is 1180 g/mol. The Hall–Kier alpha value is -3.50. The third-order valence-electron chi connectivity index (χ3n) is 17.7. The average Bonchev–Trinajstić information content (AvgIpc) is 1.49. The van der Waals surface area contributed by atoms with Crippen molar-refractivity contribution in [3.63, 3.8) is 0 Å². The molecule has 0 radical (unpaired) electrons. The molecule has 3 aromatic carbocycles. The molecule has 0 fully saturated rings. The van der Waals surface area contributed by atoms with Crippen molar-refractivity contribution in [2.45, 2.75) is 229 Å². The number of halogens is 13. The molecule has 3 aromatic rings. The van der Waals surface area contributed by atoms with E-state index in [2.05, 4.69) is 80.3 Å². The number of alkyl halides is 13. The lowest BCUT2D eigenvalue weighted by atomic mass is 9.80. The van der Waals surface area contributed by atoms with E-state index >= 15 is 17.6 Å². The summed E-state index contributed by atoms with van der Waals surface area (Å²) in [5.41, 5.74) is -0.527. The van der Waals surface area contributed by atoms with E-state index in [0.29, 0.717) is 6.61 Å². The summed E-state index contributed by atoms with van der Waals surface area (Å²) in [4.78, 5) is 0. The minimum absolute atomic E-state index is 0.0375. The molecule has 1 N–H and O–H groups in total. The van der Waals surface area contributed by atoms with Gasteiger partial charge < -0.3 is 23.1 Å². The van der Waals surface area contributed by atoms with E-state index in [0.717, 1.165) is 41.2 Å². The van der Waals surface area contributed by atoms with Crippen LogP contribution in [0.4, 0.5) is 57.1 Å². The molecule has 0 bridgehead atoms. The Balaban J connectivity index is 2.20. The second-order valence-electron chi connectivity index (χ2n) is 25.3. The van der Waals surface area contributed by atoms with Crippen molar-refractivity contribution in [1.29, 1.82) is 0 Å². The summed E-state index contributed by atoms with van der Waals surface area (Å²) in [5, 5.41) is 11.8. The van der Waals surface area contributed by atoms with E-state index in [1.807, 2.05) is 97.9 Å². The summed E-state index contributed by atoms with van der Waals surface area (Å²) < 4.78 is 215. The Morgan fingerprint density at radius 3 is 1.41 bits per heavy atom. The van der Waals surface area contributed by atoms with Crippen LogP contribution in [0.3, 0.4) is 0 Å². The molecule has 0 aliphatic rings. The van der Waals surface area contributed by atoms with Gasteiger partial charge in [-0.2, -0.15) is 57.1 Å². The molecule has 0 aliphatic carbocycles. The summed E-state index contributed by atoms with van der Waals surface area (Å²) in [6.45, 7) is 31.4. The summed E-state index contributed by atoms with van der Waals surface area (Å²) in [6.07, 6.45) is -9.30. The molecule has 0 aliphatic heterocycles. The second-order valence-corrected chi connectivity index (χ2v) is 39.8. The SMILES string of the molecule is CC[Si](CC)(CC)OC[C@H](C)C[C@H](C)[C@@H](O[Si](C)(C)C(C)(C)C)[C@@H](C)C#C[C@@H](O)C[C@H](O[Si](CCC(F)(F)C(F)(F)C(F)(F)C(F)(F)C(F)(F)C(F)(F)F)(C(C)C)C(C)C)[C@@H](C)/C=C/COC(c1ccccc1)(c1ccccc1)c1ccccc1. The van der Waals surface area contributed by atoms with Crippen molar-refractivity contribution in [2.24, 2.45) is 23.7 Å². The Morgan fingerprint density at radius 1 is 0.576 bits per heavy atom. The maximum atomic E-state index is 15.8. The fourth-order valence-corrected chi connectivity index (χ4v) is 19.9. The van der Waals surface area contributed by atoms with Crippen LogP contribution in [0.1, 0.15) is 133 Å². The van der Waals surface area contributed by atoms with Gasteiger partial charge in [0.2, 0.25) is 0 Å². The summed E-state index contributed by atoms with van der Waals surface area (Å²) >= 11 is 0. The Kier molecular flexibility index (Phi) is 26.6. The molecule has 0 saturated carbocycles. The maximum absolute atomic E-state index is 15.8. The number of hydrogen-bond donors (Lipinski definition) is 1. The van der Waals surface area contributed by atoms with Crippen LogP contribution in [0.5, 0.6) is 0 Å². The van der Waals surface area contributed by atoms with E-state index in [4.69, 9.17) is 18.0 Å². The van der Waals surface area contributed by atoms with Gasteiger partial charge in [-0.25, -0.2) is 0 Å². The van der Waals surface area contributed by atoms with Gasteiger partial charge in [-0.1, -0.05) is 205 Å². The zero-order valence-corrected chi connectivity index (χ0v) is 55.4. The number of rotatable bonds is 33. The van der Waals surface area contributed by atoms with Crippen LogP contribution in [0.15, 0.2) is 103 Å². The van der Waals surface area contributed by atoms with Crippen LogP contribution in [0.2, 0.25) is 53.4 Å². The number of aliphatic hydroxyl groups excluding tert-OH is 1. The number of hydrogen-bond acceptors (Lipinski definition) is 5. The van der Waals surface area contributed by atoms with Crippen LogP contribution in [0.25, 0.3) is 0 Å². The number of aliphatic hydroxyl groups is 1. The molecule has 85 heavy (non-hydrogen) atoms. The highest BCUT2D eigenvalue weighted by molar-refractivity contribution is 6.76. The van der Waals surface area contributed by atoms with Gasteiger partial charge in [0.05, 0.1) is 18.8 Å². The van der Waals surface area contributed by atoms with Crippen LogP contribution < -0.4 is 0 Å². The first-order valence-electron chi connectivity index (χ1n) is 29.6. The lowest BCUT2D eigenvalue weighted by Crippen LogP contribution is -2.70. The molecular formula is C64H93F13O5Si3. The molecule has 7 atom stereocenters. The van der Waals surface area contributed by atoms with Crippen molar-refractivity contribution < 1.29 is 80.2 Å². The lowest BCUT2D eigenvalue weighted by molar-refractivity contribution is -0.440. The van der Waals surface area contributed by atoms with Gasteiger partial charge in [-0.3, -0.25) is 0 Å². The van der Waals surface area contributed by atoms with Crippen molar-refractivity contribution >= 4 is 25.0 Å². The largest absolute Gasteiger partial charge is 0.460 e. The molecule has 21 heteroatoms. The molecule has 0 amide bonds. The van der Waals surface area contributed by atoms with Crippen molar-refractivity contribution in [2.75, 3.05) is 13.2 Å². The summed E-state index contributed by atoms with van der Waals surface area (Å²) in [5.74, 6) is -32.5. The van der Waals surface area contributed by atoms with Gasteiger partial charge >= 0.3 is 35.8 Å². The first-order chi connectivity index (χ1) is 39.0. The lowest BCUT2D eigenvalue weighted by Gasteiger charge is -2.45. The van der Waals surface area contributed by atoms with Gasteiger partial charge in [0.1, 0.15) is 11.7 Å². The minimum Gasteiger partial charge on any atom is -0.417 e. The topological polar surface area (TPSA) is 57.2 Å². The maximum Gasteiger partial charge on any atom is 0.460 e. The Labute approximate surface area is 501 Å². The fourth-order valence-electron chi connectivity index (χ4n) is 10.9. The van der Waals surface area contributed by atoms with E-state index < -0.39 is 120 Å². The Bertz CT molecular complexity index is 2450. The summed E-state index contributed by atoms with van der Waals surface area (Å²) in [7, 11) is -8.54. The normalized spacial score (nSPS) is 16.7. The van der Waals surface area contributed by atoms with E-state index in [1.165, 1.54) is 27.7 Å². The zero-order chi connectivity index (χ0) is 65.1. The van der Waals surface area contributed by atoms with Gasteiger partial charge in [0.25, 0.3) is 0 Å². The third-order valence-corrected chi connectivity index (χ3v) is 32.5. The highest BCUT2D eigenvalue weighted by Gasteiger charge is 2.90. The molecule has 482 valence electrons. The van der Waals surface area contributed by atoms with Gasteiger partial charge in [0, 0.05) is 25.4 Å². The van der Waals surface area contributed by atoms with Crippen LogP contribution in [0, 0.1) is 35.5 Å². The third kappa shape index (κ3) is 17.3. The highest BCUT2D eigenvalue weighted by atomic mass is 28.4. The monoisotopic (exact) mass is 1270 g/mol. The minimum atomic E-state index is -8.02. The van der Waals surface area contributed by atoms with E-state index in [9.17, 15) is 44.6 Å². The van der Waals surface area contributed by atoms with Crippen molar-refractivity contribution in [3.05, 3.63) is 120 Å². The molecule has 0 saturated heterocycles. The quantitative estimate of drug-likeness (QED) is 0.0217. The highest BCUT2D eigenvalue weighted by Crippen LogP contribution is 2.61. The first-order valence-corrected chi connectivity index (χ1v) is 37.3. The predicted octanol–water partition coefficient (Wildman–Crippen LogP) is 19.9. The molecule has 5 nitrogen and oxygen atoms in total. The molecule has 0 unspecified atom stereocenters. The van der Waals surface area contributed by atoms with Crippen molar-refractivity contribution in [3.8, 4) is 11.8 Å². The van der Waals surface area contributed by atoms with E-state index in [-0.39, 0.29) is 29.9 Å². The standard InChI is InChI=1S/C64H93F13O5Si3/c1-17-84(18-2,19-3)80-44-47(8)42-50(11)56(82-83(15,16)57(12,13)14)49(10)37-38-54(78)43-55(48(9)30-29-40-79-59(51-31-23-20-24-32-51,52-33-25-21-26-34-52)53-35-27-22-28-36-53)81-85(45(4)5,46(6)7)41-39-58(65,66)60(67,68)61(69,70)62(71,72)63(73,74)64(75,76)77/h20-36,45-50,54-56,78H,17-19,39-44H2,1-16H3/b30-29+/t47-,48+,49+,50+,54-,55+,56+/m1/s1. The molecule has 0 spiro atoms. The van der Waals surface area contributed by atoms with Crippen LogP contribution in [-0.2, 0) is 23.6 Å². The van der Waals surface area contributed by atoms with Crippen molar-refractivity contribution in [1.82, 2.24) is 0 Å². The number of ether oxygens (including phenoxy) is 1. The molecule has 0 heterocycles. The average molecular weight is 1270 g/mol. The molecule has 3 rings (SSSR count). The Morgan fingerprint density at radius 2 is 1.01 bits per heavy atom. The first kappa shape index (κ1) is 75.7. The van der Waals surface area contributed by atoms with Gasteiger partial charge in [0.15, 0.2) is 25.0 Å². The van der Waals surface area contributed by atoms with Gasteiger partial charge in [-0.05, 0) is 101 Å². The summed E-state index contributed by atoms with van der Waals surface area (Å²) in [6, 6.07) is 30.1. The smallest absolute Gasteiger partial charge is 0.417 e. The van der Waals surface area contributed by atoms with E-state index in [1.54, 1.807) is 19.1 Å². The van der Waals surface area contributed by atoms with Crippen LogP contribution in [-0.4, -0.2) is 97.4 Å². The predicted molar refractivity (Wildman–Crippen MR) is 320 cm³/mol. The number of benzene rings is 3. The zero-order valence-electron chi connectivity index (χ0n) is 52.4.